The highest BCUT2D eigenvalue weighted by atomic mass is 35.5. The molecule has 2 aromatic carbocycles. The van der Waals surface area contributed by atoms with Crippen LogP contribution >= 0.6 is 11.6 Å². The molecule has 0 saturated carbocycles. The molecule has 5 rings (SSSR count). The van der Waals surface area contributed by atoms with Crippen LogP contribution in [0.25, 0.3) is 27.6 Å². The molecule has 1 saturated heterocycles. The van der Waals surface area contributed by atoms with E-state index >= 15 is 0 Å². The lowest BCUT2D eigenvalue weighted by Crippen LogP contribution is -2.36. The summed E-state index contributed by atoms with van der Waals surface area (Å²) in [4.78, 5) is 23.1. The van der Waals surface area contributed by atoms with Crippen molar-refractivity contribution in [3.63, 3.8) is 0 Å². The summed E-state index contributed by atoms with van der Waals surface area (Å²) in [6.07, 6.45) is 2.06. The van der Waals surface area contributed by atoms with Gasteiger partial charge in [0.2, 0.25) is 0 Å². The molecule has 1 N–H and O–H groups in total. The first-order valence-electron chi connectivity index (χ1n) is 10.3. The van der Waals surface area contributed by atoms with Gasteiger partial charge in [0.1, 0.15) is 22.7 Å². The number of fused-ring (bicyclic) bond motifs is 2. The molecule has 0 amide bonds. The molecular formula is C23H20ClFN4O3. The van der Waals surface area contributed by atoms with E-state index in [0.717, 1.165) is 5.69 Å². The van der Waals surface area contributed by atoms with E-state index in [0.29, 0.717) is 65.7 Å². The minimum absolute atomic E-state index is 0.119. The third kappa shape index (κ3) is 3.27. The number of aryl methyl sites for hydroxylation is 1. The van der Waals surface area contributed by atoms with Crippen LogP contribution in [0.1, 0.15) is 23.1 Å². The number of benzene rings is 2. The molecule has 164 valence electrons. The summed E-state index contributed by atoms with van der Waals surface area (Å²) >= 11 is 6.48. The van der Waals surface area contributed by atoms with Crippen molar-refractivity contribution in [2.75, 3.05) is 31.2 Å². The number of ether oxygens (including phenoxy) is 1. The predicted molar refractivity (Wildman–Crippen MR) is 121 cm³/mol. The number of anilines is 1. The number of aromatic nitrogens is 3. The van der Waals surface area contributed by atoms with Gasteiger partial charge in [0, 0.05) is 36.8 Å². The summed E-state index contributed by atoms with van der Waals surface area (Å²) in [5, 5.41) is 10.7. The fourth-order valence-corrected chi connectivity index (χ4v) is 4.50. The van der Waals surface area contributed by atoms with Gasteiger partial charge >= 0.3 is 5.97 Å². The maximum absolute atomic E-state index is 14.5. The smallest absolute Gasteiger partial charge is 0.338 e. The van der Waals surface area contributed by atoms with Crippen LogP contribution in [0.3, 0.4) is 0 Å². The maximum Gasteiger partial charge on any atom is 0.338 e. The number of morpholine rings is 1. The summed E-state index contributed by atoms with van der Waals surface area (Å²) in [7, 11) is 0. The lowest BCUT2D eigenvalue weighted by molar-refractivity contribution is 0.0699. The quantitative estimate of drug-likeness (QED) is 0.490. The van der Waals surface area contributed by atoms with Crippen LogP contribution in [0.2, 0.25) is 5.02 Å². The van der Waals surface area contributed by atoms with Crippen molar-refractivity contribution >= 4 is 45.2 Å². The second-order valence-electron chi connectivity index (χ2n) is 7.57. The van der Waals surface area contributed by atoms with Gasteiger partial charge in [-0.1, -0.05) is 18.5 Å². The zero-order valence-electron chi connectivity index (χ0n) is 17.3. The van der Waals surface area contributed by atoms with Gasteiger partial charge < -0.3 is 14.7 Å². The number of imidazole rings is 1. The van der Waals surface area contributed by atoms with Crippen molar-refractivity contribution in [1.29, 1.82) is 0 Å². The van der Waals surface area contributed by atoms with Crippen LogP contribution in [0, 0.1) is 5.82 Å². The van der Waals surface area contributed by atoms with E-state index in [2.05, 4.69) is 14.9 Å². The van der Waals surface area contributed by atoms with Gasteiger partial charge in [-0.2, -0.15) is 0 Å². The Balaban J connectivity index is 1.86. The first kappa shape index (κ1) is 20.7. The van der Waals surface area contributed by atoms with E-state index in [-0.39, 0.29) is 11.1 Å². The topological polar surface area (TPSA) is 80.5 Å². The summed E-state index contributed by atoms with van der Waals surface area (Å²) < 4.78 is 21.8. The standard InChI is InChI=1S/C23H20ClFN4O3/c1-2-19-27-21-14(23(30)31)11-13(28-7-9-32-10-8-28)12-18(21)29(19)17-5-6-26-22-16(25)4-3-15(24)20(17)22/h3-6,11-12H,2,7-10H2,1H3,(H,30,31). The van der Waals surface area contributed by atoms with Crippen LogP contribution in [0.15, 0.2) is 36.5 Å². The number of carboxylic acids is 1. The maximum atomic E-state index is 14.5. The SMILES string of the molecule is CCc1nc2c(C(=O)O)cc(N3CCOCC3)cc2n1-c1ccnc2c(F)ccc(Cl)c12. The highest BCUT2D eigenvalue weighted by Crippen LogP contribution is 2.35. The fourth-order valence-electron chi connectivity index (χ4n) is 4.25. The van der Waals surface area contributed by atoms with Gasteiger partial charge in [-0.15, -0.1) is 0 Å². The van der Waals surface area contributed by atoms with E-state index in [4.69, 9.17) is 16.3 Å². The molecule has 1 aliphatic rings. The van der Waals surface area contributed by atoms with Crippen molar-refractivity contribution < 1.29 is 19.0 Å². The number of nitrogens with zero attached hydrogens (tertiary/aromatic N) is 4. The highest BCUT2D eigenvalue weighted by molar-refractivity contribution is 6.36. The Morgan fingerprint density at radius 1 is 1.22 bits per heavy atom. The molecule has 1 fully saturated rings. The number of carbonyl (C=O) groups is 1. The molecule has 0 bridgehead atoms. The molecule has 3 heterocycles. The first-order valence-corrected chi connectivity index (χ1v) is 10.7. The number of hydrogen-bond acceptors (Lipinski definition) is 5. The van der Waals surface area contributed by atoms with Gasteiger partial charge in [-0.3, -0.25) is 9.55 Å². The molecule has 0 unspecified atom stereocenters. The van der Waals surface area contributed by atoms with Crippen LogP contribution in [0.4, 0.5) is 10.1 Å². The molecule has 7 nitrogen and oxygen atoms in total. The minimum atomic E-state index is -1.05. The zero-order chi connectivity index (χ0) is 22.4. The second-order valence-corrected chi connectivity index (χ2v) is 7.97. The zero-order valence-corrected chi connectivity index (χ0v) is 18.1. The van der Waals surface area contributed by atoms with Crippen LogP contribution < -0.4 is 4.90 Å². The third-order valence-corrected chi connectivity index (χ3v) is 6.06. The van der Waals surface area contributed by atoms with Gasteiger partial charge in [0.15, 0.2) is 0 Å². The van der Waals surface area contributed by atoms with E-state index in [9.17, 15) is 14.3 Å². The summed E-state index contributed by atoms with van der Waals surface area (Å²) in [6.45, 7) is 4.41. The van der Waals surface area contributed by atoms with Crippen LogP contribution in [-0.2, 0) is 11.2 Å². The molecule has 9 heteroatoms. The number of aromatic carboxylic acids is 1. The van der Waals surface area contributed by atoms with Crippen molar-refractivity contribution in [1.82, 2.24) is 14.5 Å². The Morgan fingerprint density at radius 2 is 2.00 bits per heavy atom. The molecule has 32 heavy (non-hydrogen) atoms. The summed E-state index contributed by atoms with van der Waals surface area (Å²) in [5.74, 6) is -0.885. The van der Waals surface area contributed by atoms with E-state index in [1.165, 1.54) is 18.3 Å². The minimum Gasteiger partial charge on any atom is -0.478 e. The van der Waals surface area contributed by atoms with Crippen molar-refractivity contribution in [3.05, 3.63) is 58.8 Å². The first-order chi connectivity index (χ1) is 15.5. The molecule has 4 aromatic rings. The molecule has 0 atom stereocenters. The number of rotatable bonds is 4. The van der Waals surface area contributed by atoms with Crippen LogP contribution in [-0.4, -0.2) is 51.9 Å². The Morgan fingerprint density at radius 3 is 2.72 bits per heavy atom. The molecule has 0 aliphatic carbocycles. The van der Waals surface area contributed by atoms with Gasteiger partial charge in [0.05, 0.1) is 35.0 Å². The molecule has 2 aromatic heterocycles. The molecule has 0 spiro atoms. The lowest BCUT2D eigenvalue weighted by Gasteiger charge is -2.29. The monoisotopic (exact) mass is 454 g/mol. The molecule has 0 radical (unpaired) electrons. The Kier molecular flexibility index (Phi) is 5.19. The van der Waals surface area contributed by atoms with Gasteiger partial charge in [-0.25, -0.2) is 14.2 Å². The Hall–Kier alpha value is -3.23. The number of halogens is 2. The van der Waals surface area contributed by atoms with Crippen molar-refractivity contribution in [2.45, 2.75) is 13.3 Å². The fraction of sp³-hybridized carbons (Fsp3) is 0.261. The predicted octanol–water partition coefficient (Wildman–Crippen LogP) is 4.46. The number of hydrogen-bond donors (Lipinski definition) is 1. The highest BCUT2D eigenvalue weighted by Gasteiger charge is 2.23. The van der Waals surface area contributed by atoms with E-state index in [1.54, 1.807) is 12.1 Å². The van der Waals surface area contributed by atoms with Crippen LogP contribution in [0.5, 0.6) is 0 Å². The third-order valence-electron chi connectivity index (χ3n) is 5.75. The summed E-state index contributed by atoms with van der Waals surface area (Å²) in [5.41, 5.74) is 2.65. The van der Waals surface area contributed by atoms with Gasteiger partial charge in [-0.05, 0) is 30.3 Å². The van der Waals surface area contributed by atoms with E-state index < -0.39 is 11.8 Å². The Labute approximate surface area is 188 Å². The molecule has 1 aliphatic heterocycles. The Bertz CT molecular complexity index is 1360. The summed E-state index contributed by atoms with van der Waals surface area (Å²) in [6, 6.07) is 8.11. The average Bonchev–Trinajstić information content (AvgIpc) is 3.19. The number of carboxylic acid groups (broad SMARTS) is 1. The second kappa shape index (κ2) is 8.03. The number of pyridine rings is 1. The largest absolute Gasteiger partial charge is 0.478 e. The average molecular weight is 455 g/mol. The normalized spacial score (nSPS) is 14.4. The van der Waals surface area contributed by atoms with Gasteiger partial charge in [0.25, 0.3) is 0 Å². The van der Waals surface area contributed by atoms with E-state index in [1.807, 2.05) is 17.6 Å². The lowest BCUT2D eigenvalue weighted by atomic mass is 10.1. The van der Waals surface area contributed by atoms with Crippen molar-refractivity contribution in [2.24, 2.45) is 0 Å². The molecular weight excluding hydrogens is 435 g/mol. The van der Waals surface area contributed by atoms with Crippen molar-refractivity contribution in [3.8, 4) is 5.69 Å².